The fraction of sp³-hybridized carbons (Fsp3) is 0.500. The lowest BCUT2D eigenvalue weighted by atomic mass is 10.2. The zero-order chi connectivity index (χ0) is 7.72. The molecule has 0 aliphatic heterocycles. The van der Waals surface area contributed by atoms with Crippen LogP contribution in [-0.2, 0) is 0 Å². The normalized spacial score (nSPS) is 10.0. The molecule has 1 heterocycles. The van der Waals surface area contributed by atoms with E-state index in [0.717, 1.165) is 17.2 Å². The molecule has 0 bridgehead atoms. The zero-order valence-electron chi connectivity index (χ0n) is 6.89. The van der Waals surface area contributed by atoms with E-state index >= 15 is 0 Å². The standard InChI is InChI=1S/C8H12N2/c1-5-6(2)9-8(4)10-7(5)3/h1-4H3. The van der Waals surface area contributed by atoms with Gasteiger partial charge in [0.2, 0.25) is 0 Å². The van der Waals surface area contributed by atoms with Crippen molar-refractivity contribution in [2.24, 2.45) is 0 Å². The average molecular weight is 136 g/mol. The van der Waals surface area contributed by atoms with Gasteiger partial charge in [0, 0.05) is 11.4 Å². The molecular weight excluding hydrogens is 124 g/mol. The predicted molar refractivity (Wildman–Crippen MR) is 41.0 cm³/mol. The molecule has 1 aromatic rings. The zero-order valence-corrected chi connectivity index (χ0v) is 6.89. The highest BCUT2D eigenvalue weighted by Crippen LogP contribution is 2.06. The molecule has 0 saturated carbocycles. The molecular formula is C8H12N2. The Hall–Kier alpha value is -0.920. The van der Waals surface area contributed by atoms with Crippen molar-refractivity contribution in [3.8, 4) is 0 Å². The first-order chi connectivity index (χ1) is 4.61. The Labute approximate surface area is 61.3 Å². The average Bonchev–Trinajstić information content (AvgIpc) is 1.82. The number of nitrogens with zero attached hydrogens (tertiary/aromatic N) is 2. The van der Waals surface area contributed by atoms with Crippen LogP contribution in [0.25, 0.3) is 0 Å². The van der Waals surface area contributed by atoms with E-state index in [4.69, 9.17) is 0 Å². The number of hydrogen-bond acceptors (Lipinski definition) is 2. The molecule has 10 heavy (non-hydrogen) atoms. The summed E-state index contributed by atoms with van der Waals surface area (Å²) in [5.74, 6) is 0.862. The fourth-order valence-corrected chi connectivity index (χ4v) is 0.940. The molecule has 0 fully saturated rings. The maximum absolute atomic E-state index is 4.22. The van der Waals surface area contributed by atoms with Crippen LogP contribution in [0.15, 0.2) is 0 Å². The van der Waals surface area contributed by atoms with Crippen LogP contribution in [-0.4, -0.2) is 9.97 Å². The lowest BCUT2D eigenvalue weighted by Gasteiger charge is -2.02. The summed E-state index contributed by atoms with van der Waals surface area (Å²) < 4.78 is 0. The molecule has 0 aliphatic carbocycles. The van der Waals surface area contributed by atoms with Crippen molar-refractivity contribution in [2.75, 3.05) is 0 Å². The molecule has 0 atom stereocenters. The number of hydrogen-bond donors (Lipinski definition) is 0. The van der Waals surface area contributed by atoms with Crippen molar-refractivity contribution in [2.45, 2.75) is 27.7 Å². The minimum absolute atomic E-state index is 0.862. The van der Waals surface area contributed by atoms with E-state index in [2.05, 4.69) is 9.97 Å². The van der Waals surface area contributed by atoms with E-state index in [1.165, 1.54) is 5.56 Å². The molecule has 2 nitrogen and oxygen atoms in total. The molecule has 0 amide bonds. The highest BCUT2D eigenvalue weighted by Gasteiger charge is 1.99. The maximum Gasteiger partial charge on any atom is 0.125 e. The third-order valence-corrected chi connectivity index (χ3v) is 1.74. The molecule has 0 aromatic carbocycles. The summed E-state index contributed by atoms with van der Waals surface area (Å²) in [6.07, 6.45) is 0. The van der Waals surface area contributed by atoms with E-state index in [1.807, 2.05) is 27.7 Å². The minimum atomic E-state index is 0.862. The second-order valence-corrected chi connectivity index (χ2v) is 2.57. The molecule has 0 spiro atoms. The SMILES string of the molecule is Cc1nc(C)c(C)c(C)n1. The summed E-state index contributed by atoms with van der Waals surface area (Å²) in [4.78, 5) is 8.45. The van der Waals surface area contributed by atoms with Crippen molar-refractivity contribution in [3.05, 3.63) is 22.8 Å². The molecule has 0 saturated heterocycles. The predicted octanol–water partition coefficient (Wildman–Crippen LogP) is 1.71. The van der Waals surface area contributed by atoms with Crippen LogP contribution in [0, 0.1) is 27.7 Å². The van der Waals surface area contributed by atoms with Gasteiger partial charge in [-0.1, -0.05) is 0 Å². The topological polar surface area (TPSA) is 25.8 Å². The van der Waals surface area contributed by atoms with Gasteiger partial charge in [-0.05, 0) is 33.3 Å². The van der Waals surface area contributed by atoms with Crippen molar-refractivity contribution >= 4 is 0 Å². The van der Waals surface area contributed by atoms with Gasteiger partial charge in [0.25, 0.3) is 0 Å². The van der Waals surface area contributed by atoms with Crippen LogP contribution in [0.2, 0.25) is 0 Å². The van der Waals surface area contributed by atoms with Gasteiger partial charge in [-0.15, -0.1) is 0 Å². The summed E-state index contributed by atoms with van der Waals surface area (Å²) >= 11 is 0. The molecule has 0 radical (unpaired) electrons. The smallest absolute Gasteiger partial charge is 0.125 e. The van der Waals surface area contributed by atoms with E-state index in [9.17, 15) is 0 Å². The molecule has 0 unspecified atom stereocenters. The van der Waals surface area contributed by atoms with Crippen LogP contribution in [0.1, 0.15) is 22.8 Å². The van der Waals surface area contributed by atoms with Crippen LogP contribution >= 0.6 is 0 Å². The minimum Gasteiger partial charge on any atom is -0.238 e. The first-order valence-corrected chi connectivity index (χ1v) is 3.39. The first kappa shape index (κ1) is 7.19. The van der Waals surface area contributed by atoms with Crippen LogP contribution < -0.4 is 0 Å². The van der Waals surface area contributed by atoms with Crippen LogP contribution in [0.5, 0.6) is 0 Å². The Morgan fingerprint density at radius 2 is 1.20 bits per heavy atom. The molecule has 0 aliphatic rings. The Balaban J connectivity index is 3.31. The van der Waals surface area contributed by atoms with Crippen molar-refractivity contribution in [1.29, 1.82) is 0 Å². The van der Waals surface area contributed by atoms with Crippen LogP contribution in [0.3, 0.4) is 0 Å². The molecule has 1 aromatic heterocycles. The Bertz CT molecular complexity index is 230. The van der Waals surface area contributed by atoms with Crippen molar-refractivity contribution in [3.63, 3.8) is 0 Å². The van der Waals surface area contributed by atoms with Gasteiger partial charge in [-0.25, -0.2) is 9.97 Å². The van der Waals surface area contributed by atoms with E-state index < -0.39 is 0 Å². The second kappa shape index (κ2) is 2.37. The lowest BCUT2D eigenvalue weighted by Crippen LogP contribution is -1.97. The quantitative estimate of drug-likeness (QED) is 0.542. The number of aromatic nitrogens is 2. The van der Waals surface area contributed by atoms with Crippen LogP contribution in [0.4, 0.5) is 0 Å². The Kier molecular flexibility index (Phi) is 1.70. The summed E-state index contributed by atoms with van der Waals surface area (Å²) in [5.41, 5.74) is 3.38. The summed E-state index contributed by atoms with van der Waals surface area (Å²) in [7, 11) is 0. The third-order valence-electron chi connectivity index (χ3n) is 1.74. The Morgan fingerprint density at radius 1 is 0.800 bits per heavy atom. The largest absolute Gasteiger partial charge is 0.238 e. The second-order valence-electron chi connectivity index (χ2n) is 2.57. The van der Waals surface area contributed by atoms with Gasteiger partial charge in [-0.3, -0.25) is 0 Å². The summed E-state index contributed by atoms with van der Waals surface area (Å²) in [6, 6.07) is 0. The van der Waals surface area contributed by atoms with Gasteiger partial charge in [-0.2, -0.15) is 0 Å². The summed E-state index contributed by atoms with van der Waals surface area (Å²) in [6.45, 7) is 7.98. The highest BCUT2D eigenvalue weighted by atomic mass is 14.9. The monoisotopic (exact) mass is 136 g/mol. The van der Waals surface area contributed by atoms with E-state index in [1.54, 1.807) is 0 Å². The summed E-state index contributed by atoms with van der Waals surface area (Å²) in [5, 5.41) is 0. The first-order valence-electron chi connectivity index (χ1n) is 3.39. The van der Waals surface area contributed by atoms with Crippen molar-refractivity contribution in [1.82, 2.24) is 9.97 Å². The Morgan fingerprint density at radius 3 is 1.60 bits per heavy atom. The number of aryl methyl sites for hydroxylation is 3. The molecule has 54 valence electrons. The van der Waals surface area contributed by atoms with E-state index in [-0.39, 0.29) is 0 Å². The number of rotatable bonds is 0. The third kappa shape index (κ3) is 1.15. The molecule has 1 rings (SSSR count). The fourth-order valence-electron chi connectivity index (χ4n) is 0.940. The highest BCUT2D eigenvalue weighted by molar-refractivity contribution is 5.21. The molecule has 2 heteroatoms. The van der Waals surface area contributed by atoms with Gasteiger partial charge in [0.05, 0.1) is 0 Å². The lowest BCUT2D eigenvalue weighted by molar-refractivity contribution is 0.948. The van der Waals surface area contributed by atoms with E-state index in [0.29, 0.717) is 0 Å². The van der Waals surface area contributed by atoms with Gasteiger partial charge >= 0.3 is 0 Å². The maximum atomic E-state index is 4.22. The van der Waals surface area contributed by atoms with Crippen molar-refractivity contribution < 1.29 is 0 Å². The van der Waals surface area contributed by atoms with Gasteiger partial charge < -0.3 is 0 Å². The molecule has 0 N–H and O–H groups in total. The van der Waals surface area contributed by atoms with Gasteiger partial charge in [0.15, 0.2) is 0 Å². The van der Waals surface area contributed by atoms with Gasteiger partial charge in [0.1, 0.15) is 5.82 Å².